The number of hydrogen-bond acceptors (Lipinski definition) is 5. The third-order valence-corrected chi connectivity index (χ3v) is 4.11. The lowest BCUT2D eigenvalue weighted by Gasteiger charge is -2.14. The molecule has 2 aromatic rings. The molecule has 2 heterocycles. The Morgan fingerprint density at radius 2 is 2.00 bits per heavy atom. The Bertz CT molecular complexity index is 570. The Morgan fingerprint density at radius 1 is 1.28 bits per heavy atom. The summed E-state index contributed by atoms with van der Waals surface area (Å²) in [6.45, 7) is 6.01. The second-order valence-electron chi connectivity index (χ2n) is 3.88. The third-order valence-electron chi connectivity index (χ3n) is 2.40. The highest BCUT2D eigenvalue weighted by Gasteiger charge is 2.15. The highest BCUT2D eigenvalue weighted by atomic mass is 35.5. The van der Waals surface area contributed by atoms with Crippen LogP contribution in [0.2, 0.25) is 10.3 Å². The van der Waals surface area contributed by atoms with Crippen LogP contribution in [0, 0.1) is 13.8 Å². The summed E-state index contributed by atoms with van der Waals surface area (Å²) in [5.74, 6) is 0.537. The van der Waals surface area contributed by atoms with E-state index < -0.39 is 0 Å². The van der Waals surface area contributed by atoms with Gasteiger partial charge in [-0.15, -0.1) is 11.3 Å². The molecule has 18 heavy (non-hydrogen) atoms. The molecular formula is C11H12Cl2N4S. The number of nitrogens with zero attached hydrogens (tertiary/aromatic N) is 3. The SMILES string of the molecule is Cc1nc(C)c(C(C)Nc2nc(Cl)ncc2Cl)s1. The van der Waals surface area contributed by atoms with E-state index in [0.29, 0.717) is 10.8 Å². The maximum atomic E-state index is 6.01. The van der Waals surface area contributed by atoms with Gasteiger partial charge >= 0.3 is 0 Å². The lowest BCUT2D eigenvalue weighted by atomic mass is 10.2. The van der Waals surface area contributed by atoms with Crippen molar-refractivity contribution < 1.29 is 0 Å². The number of hydrogen-bond donors (Lipinski definition) is 1. The van der Waals surface area contributed by atoms with Crippen molar-refractivity contribution in [2.45, 2.75) is 26.8 Å². The predicted molar refractivity (Wildman–Crippen MR) is 75.7 cm³/mol. The van der Waals surface area contributed by atoms with E-state index >= 15 is 0 Å². The van der Waals surface area contributed by atoms with Gasteiger partial charge in [0.2, 0.25) is 5.28 Å². The van der Waals surface area contributed by atoms with Crippen LogP contribution in [-0.2, 0) is 0 Å². The molecule has 0 saturated carbocycles. The summed E-state index contributed by atoms with van der Waals surface area (Å²) in [7, 11) is 0. The van der Waals surface area contributed by atoms with Gasteiger partial charge in [-0.2, -0.15) is 4.98 Å². The lowest BCUT2D eigenvalue weighted by molar-refractivity contribution is 0.877. The molecule has 0 bridgehead atoms. The molecule has 0 spiro atoms. The molecule has 96 valence electrons. The number of thiazole rings is 1. The van der Waals surface area contributed by atoms with Crippen molar-refractivity contribution >= 4 is 40.4 Å². The van der Waals surface area contributed by atoms with Crippen molar-refractivity contribution in [2.75, 3.05) is 5.32 Å². The van der Waals surface area contributed by atoms with E-state index in [1.807, 2.05) is 20.8 Å². The molecule has 1 N–H and O–H groups in total. The van der Waals surface area contributed by atoms with Gasteiger partial charge in [-0.1, -0.05) is 11.6 Å². The van der Waals surface area contributed by atoms with E-state index in [9.17, 15) is 0 Å². The summed E-state index contributed by atoms with van der Waals surface area (Å²) >= 11 is 13.4. The molecule has 0 radical (unpaired) electrons. The Balaban J connectivity index is 2.23. The van der Waals surface area contributed by atoms with Gasteiger partial charge in [0, 0.05) is 4.88 Å². The van der Waals surface area contributed by atoms with Crippen LogP contribution in [0.3, 0.4) is 0 Å². The Kier molecular flexibility index (Phi) is 4.04. The quantitative estimate of drug-likeness (QED) is 0.870. The Labute approximate surface area is 119 Å². The molecule has 0 aliphatic heterocycles. The van der Waals surface area contributed by atoms with Crippen LogP contribution in [0.4, 0.5) is 5.82 Å². The van der Waals surface area contributed by atoms with Crippen molar-refractivity contribution in [1.29, 1.82) is 0 Å². The fourth-order valence-electron chi connectivity index (χ4n) is 1.67. The third kappa shape index (κ3) is 2.91. The Morgan fingerprint density at radius 3 is 2.61 bits per heavy atom. The molecule has 4 nitrogen and oxygen atoms in total. The molecule has 2 rings (SSSR count). The zero-order chi connectivity index (χ0) is 13.3. The maximum Gasteiger partial charge on any atom is 0.224 e. The van der Waals surface area contributed by atoms with E-state index in [0.717, 1.165) is 10.7 Å². The normalized spacial score (nSPS) is 12.5. The van der Waals surface area contributed by atoms with E-state index in [1.165, 1.54) is 11.1 Å². The first kappa shape index (κ1) is 13.5. The van der Waals surface area contributed by atoms with Crippen LogP contribution in [0.5, 0.6) is 0 Å². The first-order valence-electron chi connectivity index (χ1n) is 5.36. The number of anilines is 1. The molecule has 1 atom stereocenters. The highest BCUT2D eigenvalue weighted by molar-refractivity contribution is 7.11. The standard InChI is InChI=1S/C11H12Cl2N4S/c1-5-9(18-7(3)15-5)6(2)16-10-8(12)4-14-11(13)17-10/h4,6H,1-3H3,(H,14,16,17). The van der Waals surface area contributed by atoms with Crippen LogP contribution < -0.4 is 5.32 Å². The van der Waals surface area contributed by atoms with E-state index in [1.54, 1.807) is 11.3 Å². The number of nitrogens with one attached hydrogen (secondary N) is 1. The maximum absolute atomic E-state index is 6.01. The topological polar surface area (TPSA) is 50.7 Å². The van der Waals surface area contributed by atoms with Crippen LogP contribution in [0.15, 0.2) is 6.20 Å². The highest BCUT2D eigenvalue weighted by Crippen LogP contribution is 2.29. The van der Waals surface area contributed by atoms with Gasteiger partial charge in [0.15, 0.2) is 0 Å². The zero-order valence-electron chi connectivity index (χ0n) is 10.2. The summed E-state index contributed by atoms with van der Waals surface area (Å²) in [6.07, 6.45) is 1.48. The van der Waals surface area contributed by atoms with Crippen LogP contribution in [0.25, 0.3) is 0 Å². The smallest absolute Gasteiger partial charge is 0.224 e. The monoisotopic (exact) mass is 302 g/mol. The fourth-order valence-corrected chi connectivity index (χ4v) is 2.88. The molecule has 1 unspecified atom stereocenters. The lowest BCUT2D eigenvalue weighted by Crippen LogP contribution is -2.08. The zero-order valence-corrected chi connectivity index (χ0v) is 12.5. The number of rotatable bonds is 3. The van der Waals surface area contributed by atoms with Gasteiger partial charge in [0.1, 0.15) is 10.8 Å². The van der Waals surface area contributed by atoms with Gasteiger partial charge in [-0.05, 0) is 32.4 Å². The minimum Gasteiger partial charge on any atom is -0.361 e. The van der Waals surface area contributed by atoms with Crippen molar-refractivity contribution in [3.63, 3.8) is 0 Å². The predicted octanol–water partition coefficient (Wildman–Crippen LogP) is 4.03. The molecule has 0 aliphatic rings. The molecule has 0 aliphatic carbocycles. The fraction of sp³-hybridized carbons (Fsp3) is 0.364. The van der Waals surface area contributed by atoms with Crippen molar-refractivity contribution in [1.82, 2.24) is 15.0 Å². The summed E-state index contributed by atoms with van der Waals surface area (Å²) in [4.78, 5) is 13.4. The van der Waals surface area contributed by atoms with Gasteiger partial charge in [0.25, 0.3) is 0 Å². The summed E-state index contributed by atoms with van der Waals surface area (Å²) < 4.78 is 0. The summed E-state index contributed by atoms with van der Waals surface area (Å²) in [6, 6.07) is 0.0691. The molecule has 2 aromatic heterocycles. The van der Waals surface area contributed by atoms with Crippen molar-refractivity contribution in [3.05, 3.63) is 32.1 Å². The van der Waals surface area contributed by atoms with Crippen molar-refractivity contribution in [2.24, 2.45) is 0 Å². The second kappa shape index (κ2) is 5.38. The first-order chi connectivity index (χ1) is 8.47. The van der Waals surface area contributed by atoms with E-state index in [2.05, 4.69) is 20.3 Å². The minimum atomic E-state index is 0.0691. The average Bonchev–Trinajstić information content (AvgIpc) is 2.63. The molecule has 0 fully saturated rings. The van der Waals surface area contributed by atoms with Crippen molar-refractivity contribution in [3.8, 4) is 0 Å². The summed E-state index contributed by atoms with van der Waals surface area (Å²) in [5, 5.41) is 4.89. The number of aryl methyl sites for hydroxylation is 2. The second-order valence-corrected chi connectivity index (χ2v) is 5.86. The van der Waals surface area contributed by atoms with Gasteiger partial charge in [0.05, 0.1) is 22.9 Å². The molecule has 7 heteroatoms. The summed E-state index contributed by atoms with van der Waals surface area (Å²) in [5.41, 5.74) is 1.02. The number of aromatic nitrogens is 3. The average molecular weight is 303 g/mol. The van der Waals surface area contributed by atoms with Gasteiger partial charge in [-0.3, -0.25) is 0 Å². The van der Waals surface area contributed by atoms with E-state index in [4.69, 9.17) is 23.2 Å². The largest absolute Gasteiger partial charge is 0.361 e. The van der Waals surface area contributed by atoms with E-state index in [-0.39, 0.29) is 11.3 Å². The van der Waals surface area contributed by atoms with Gasteiger partial charge < -0.3 is 5.32 Å². The minimum absolute atomic E-state index is 0.0691. The van der Waals surface area contributed by atoms with Crippen LogP contribution in [0.1, 0.15) is 28.5 Å². The molecule has 0 amide bonds. The van der Waals surface area contributed by atoms with Crippen LogP contribution in [-0.4, -0.2) is 15.0 Å². The first-order valence-corrected chi connectivity index (χ1v) is 6.93. The molecule has 0 aromatic carbocycles. The molecular weight excluding hydrogens is 291 g/mol. The van der Waals surface area contributed by atoms with Crippen LogP contribution >= 0.6 is 34.5 Å². The number of halogens is 2. The molecule has 0 saturated heterocycles. The van der Waals surface area contributed by atoms with Gasteiger partial charge in [-0.25, -0.2) is 9.97 Å². The Hall–Kier alpha value is -0.910.